The topological polar surface area (TPSA) is 43.0 Å². The van der Waals surface area contributed by atoms with Crippen molar-refractivity contribution in [2.24, 2.45) is 0 Å². The Balaban J connectivity index is 1.62. The molecule has 1 N–H and O–H groups in total. The average molecular weight is 297 g/mol. The summed E-state index contributed by atoms with van der Waals surface area (Å²) < 4.78 is 8.13. The van der Waals surface area contributed by atoms with Crippen molar-refractivity contribution in [1.82, 2.24) is 14.9 Å². The van der Waals surface area contributed by atoms with Crippen LogP contribution in [0.2, 0.25) is 0 Å². The highest BCUT2D eigenvalue weighted by atomic mass is 16.3. The molecule has 0 spiro atoms. The van der Waals surface area contributed by atoms with Crippen LogP contribution in [0.4, 0.5) is 0 Å². The molecule has 2 aromatic heterocycles. The SMILES string of the molecule is Cc1ccc2oc(CNCCn3cnc(C)c3C)c(C)c2c1. The van der Waals surface area contributed by atoms with Gasteiger partial charge in [0.1, 0.15) is 11.3 Å². The zero-order valence-electron chi connectivity index (χ0n) is 13.7. The first kappa shape index (κ1) is 14.9. The third kappa shape index (κ3) is 2.79. The number of rotatable bonds is 5. The maximum absolute atomic E-state index is 5.95. The molecule has 0 saturated carbocycles. The number of furan rings is 1. The number of benzene rings is 1. The van der Waals surface area contributed by atoms with Crippen molar-refractivity contribution < 1.29 is 4.42 Å². The predicted octanol–water partition coefficient (Wildman–Crippen LogP) is 3.65. The van der Waals surface area contributed by atoms with E-state index in [4.69, 9.17) is 4.42 Å². The molecule has 116 valence electrons. The van der Waals surface area contributed by atoms with E-state index in [2.05, 4.69) is 53.8 Å². The van der Waals surface area contributed by atoms with Gasteiger partial charge in [-0.2, -0.15) is 0 Å². The number of aromatic nitrogens is 2. The summed E-state index contributed by atoms with van der Waals surface area (Å²) in [4.78, 5) is 4.32. The number of nitrogens with zero attached hydrogens (tertiary/aromatic N) is 2. The fraction of sp³-hybridized carbons (Fsp3) is 0.389. The zero-order valence-corrected chi connectivity index (χ0v) is 13.7. The van der Waals surface area contributed by atoms with Crippen LogP contribution >= 0.6 is 0 Å². The van der Waals surface area contributed by atoms with E-state index in [1.54, 1.807) is 0 Å². The Labute approximate surface area is 131 Å². The zero-order chi connectivity index (χ0) is 15.7. The molecule has 0 radical (unpaired) electrons. The summed E-state index contributed by atoms with van der Waals surface area (Å²) in [6.07, 6.45) is 1.90. The van der Waals surface area contributed by atoms with Gasteiger partial charge in [0.15, 0.2) is 0 Å². The van der Waals surface area contributed by atoms with Gasteiger partial charge < -0.3 is 14.3 Å². The molecular formula is C18H23N3O. The summed E-state index contributed by atoms with van der Waals surface area (Å²) in [5.74, 6) is 1.03. The fourth-order valence-corrected chi connectivity index (χ4v) is 2.73. The van der Waals surface area contributed by atoms with Gasteiger partial charge in [-0.1, -0.05) is 11.6 Å². The number of fused-ring (bicyclic) bond motifs is 1. The van der Waals surface area contributed by atoms with Crippen LogP contribution in [-0.2, 0) is 13.1 Å². The van der Waals surface area contributed by atoms with E-state index in [1.165, 1.54) is 22.2 Å². The van der Waals surface area contributed by atoms with E-state index < -0.39 is 0 Å². The van der Waals surface area contributed by atoms with Crippen molar-refractivity contribution in [3.05, 3.63) is 52.8 Å². The molecule has 0 aliphatic carbocycles. The second-order valence-electron chi connectivity index (χ2n) is 5.94. The molecule has 0 fully saturated rings. The predicted molar refractivity (Wildman–Crippen MR) is 89.1 cm³/mol. The smallest absolute Gasteiger partial charge is 0.134 e. The molecule has 0 bridgehead atoms. The highest BCUT2D eigenvalue weighted by molar-refractivity contribution is 5.82. The van der Waals surface area contributed by atoms with Crippen LogP contribution in [0.25, 0.3) is 11.0 Å². The van der Waals surface area contributed by atoms with Gasteiger partial charge in [0, 0.05) is 24.2 Å². The van der Waals surface area contributed by atoms with Gasteiger partial charge in [0.05, 0.1) is 18.6 Å². The maximum atomic E-state index is 5.95. The highest BCUT2D eigenvalue weighted by Crippen LogP contribution is 2.25. The van der Waals surface area contributed by atoms with Crippen LogP contribution in [0, 0.1) is 27.7 Å². The van der Waals surface area contributed by atoms with E-state index in [0.717, 1.165) is 36.7 Å². The lowest BCUT2D eigenvalue weighted by atomic mass is 10.1. The van der Waals surface area contributed by atoms with Crippen molar-refractivity contribution >= 4 is 11.0 Å². The minimum Gasteiger partial charge on any atom is -0.459 e. The van der Waals surface area contributed by atoms with E-state index in [9.17, 15) is 0 Å². The molecule has 22 heavy (non-hydrogen) atoms. The van der Waals surface area contributed by atoms with Gasteiger partial charge in [-0.3, -0.25) is 0 Å². The third-order valence-corrected chi connectivity index (χ3v) is 4.35. The summed E-state index contributed by atoms with van der Waals surface area (Å²) in [7, 11) is 0. The van der Waals surface area contributed by atoms with Gasteiger partial charge in [0.2, 0.25) is 0 Å². The summed E-state index contributed by atoms with van der Waals surface area (Å²) in [6.45, 7) is 11.0. The molecular weight excluding hydrogens is 274 g/mol. The van der Waals surface area contributed by atoms with Crippen LogP contribution in [-0.4, -0.2) is 16.1 Å². The van der Waals surface area contributed by atoms with Crippen molar-refractivity contribution in [2.45, 2.75) is 40.8 Å². The van der Waals surface area contributed by atoms with Crippen LogP contribution in [0.5, 0.6) is 0 Å². The molecule has 0 atom stereocenters. The lowest BCUT2D eigenvalue weighted by Crippen LogP contribution is -2.19. The van der Waals surface area contributed by atoms with E-state index in [-0.39, 0.29) is 0 Å². The average Bonchev–Trinajstić information content (AvgIpc) is 2.98. The van der Waals surface area contributed by atoms with Crippen molar-refractivity contribution in [1.29, 1.82) is 0 Å². The number of aryl methyl sites for hydroxylation is 3. The van der Waals surface area contributed by atoms with Gasteiger partial charge in [-0.25, -0.2) is 4.98 Å². The molecule has 3 aromatic rings. The Hall–Kier alpha value is -2.07. The van der Waals surface area contributed by atoms with Crippen LogP contribution < -0.4 is 5.32 Å². The fourth-order valence-electron chi connectivity index (χ4n) is 2.73. The molecule has 0 amide bonds. The number of hydrogen-bond donors (Lipinski definition) is 1. The van der Waals surface area contributed by atoms with Gasteiger partial charge in [-0.15, -0.1) is 0 Å². The van der Waals surface area contributed by atoms with Gasteiger partial charge in [0.25, 0.3) is 0 Å². The first-order valence-electron chi connectivity index (χ1n) is 7.74. The molecule has 0 unspecified atom stereocenters. The van der Waals surface area contributed by atoms with Crippen molar-refractivity contribution in [2.75, 3.05) is 6.54 Å². The van der Waals surface area contributed by atoms with Crippen LogP contribution in [0.3, 0.4) is 0 Å². The number of hydrogen-bond acceptors (Lipinski definition) is 3. The Bertz CT molecular complexity index is 798. The van der Waals surface area contributed by atoms with Crippen LogP contribution in [0.15, 0.2) is 28.9 Å². The second kappa shape index (κ2) is 5.97. The quantitative estimate of drug-likeness (QED) is 0.731. The standard InChI is InChI=1S/C18H23N3O/c1-12-5-6-17-16(9-12)13(2)18(22-17)10-19-7-8-21-11-20-14(3)15(21)4/h5-6,9,11,19H,7-8,10H2,1-4H3. The number of nitrogens with one attached hydrogen (secondary N) is 1. The lowest BCUT2D eigenvalue weighted by Gasteiger charge is -2.06. The molecule has 3 rings (SSSR count). The largest absolute Gasteiger partial charge is 0.459 e. The summed E-state index contributed by atoms with van der Waals surface area (Å²) in [6, 6.07) is 6.33. The Morgan fingerprint density at radius 2 is 2.00 bits per heavy atom. The van der Waals surface area contributed by atoms with Gasteiger partial charge >= 0.3 is 0 Å². The van der Waals surface area contributed by atoms with Crippen LogP contribution in [0.1, 0.15) is 28.3 Å². The Morgan fingerprint density at radius 1 is 1.18 bits per heavy atom. The number of imidazole rings is 1. The Morgan fingerprint density at radius 3 is 2.73 bits per heavy atom. The molecule has 0 aliphatic heterocycles. The first-order valence-corrected chi connectivity index (χ1v) is 7.74. The van der Waals surface area contributed by atoms with E-state index >= 15 is 0 Å². The molecule has 4 nitrogen and oxygen atoms in total. The minimum absolute atomic E-state index is 0.756. The van der Waals surface area contributed by atoms with Crippen molar-refractivity contribution in [3.63, 3.8) is 0 Å². The monoisotopic (exact) mass is 297 g/mol. The lowest BCUT2D eigenvalue weighted by molar-refractivity contribution is 0.497. The Kier molecular flexibility index (Phi) is 4.03. The molecule has 0 saturated heterocycles. The molecule has 2 heterocycles. The van der Waals surface area contributed by atoms with Gasteiger partial charge in [-0.05, 0) is 45.4 Å². The second-order valence-corrected chi connectivity index (χ2v) is 5.94. The first-order chi connectivity index (χ1) is 10.6. The maximum Gasteiger partial charge on any atom is 0.134 e. The van der Waals surface area contributed by atoms with Crippen molar-refractivity contribution in [3.8, 4) is 0 Å². The molecule has 4 heteroatoms. The minimum atomic E-state index is 0.756. The summed E-state index contributed by atoms with van der Waals surface area (Å²) >= 11 is 0. The summed E-state index contributed by atoms with van der Waals surface area (Å²) in [5, 5.41) is 4.68. The van der Waals surface area contributed by atoms with E-state index in [0.29, 0.717) is 0 Å². The molecule has 1 aromatic carbocycles. The van der Waals surface area contributed by atoms with E-state index in [1.807, 2.05) is 13.3 Å². The highest BCUT2D eigenvalue weighted by Gasteiger charge is 2.10. The summed E-state index contributed by atoms with van der Waals surface area (Å²) in [5.41, 5.74) is 5.81. The third-order valence-electron chi connectivity index (χ3n) is 4.35. The normalized spacial score (nSPS) is 11.5. The molecule has 0 aliphatic rings.